The van der Waals surface area contributed by atoms with Gasteiger partial charge >= 0.3 is 0 Å². The molecule has 6 aromatic rings. The smallest absolute Gasteiger partial charge is 0.282 e. The van der Waals surface area contributed by atoms with E-state index in [0.29, 0.717) is 44.9 Å². The van der Waals surface area contributed by atoms with Crippen LogP contribution in [-0.2, 0) is 6.61 Å². The van der Waals surface area contributed by atoms with Gasteiger partial charge in [0.25, 0.3) is 5.56 Å². The number of hydrogen-bond donors (Lipinski definition) is 0. The molecule has 0 radical (unpaired) electrons. The largest absolute Gasteiger partial charge is 0.496 e. The van der Waals surface area contributed by atoms with Gasteiger partial charge in [0, 0.05) is 37.0 Å². The summed E-state index contributed by atoms with van der Waals surface area (Å²) < 4.78 is 33.2. The van der Waals surface area contributed by atoms with Gasteiger partial charge in [0.15, 0.2) is 5.76 Å². The minimum atomic E-state index is -0.363. The van der Waals surface area contributed by atoms with Crippen LogP contribution in [0.2, 0.25) is 0 Å². The Morgan fingerprint density at radius 2 is 1.76 bits per heavy atom. The van der Waals surface area contributed by atoms with Crippen LogP contribution in [-0.4, -0.2) is 37.1 Å². The van der Waals surface area contributed by atoms with Crippen LogP contribution in [0.15, 0.2) is 105 Å². The number of benzene rings is 4. The predicted molar refractivity (Wildman–Crippen MR) is 162 cm³/mol. The lowest BCUT2D eigenvalue weighted by Gasteiger charge is -2.16. The molecule has 42 heavy (non-hydrogen) atoms. The fraction of sp³-hybridized carbons (Fsp3) is 0.121. The summed E-state index contributed by atoms with van der Waals surface area (Å²) in [6, 6.07) is 26.4. The van der Waals surface area contributed by atoms with Crippen LogP contribution in [0.4, 0.5) is 10.1 Å². The third-order valence-corrected chi connectivity index (χ3v) is 6.88. The topological polar surface area (TPSA) is 82.1 Å². The Morgan fingerprint density at radius 3 is 2.57 bits per heavy atom. The molecule has 0 saturated heterocycles. The van der Waals surface area contributed by atoms with E-state index in [4.69, 9.17) is 18.9 Å². The predicted octanol–water partition coefficient (Wildman–Crippen LogP) is 6.48. The summed E-state index contributed by atoms with van der Waals surface area (Å²) >= 11 is 0. The van der Waals surface area contributed by atoms with Crippen LogP contribution in [0.25, 0.3) is 33.5 Å². The van der Waals surface area contributed by atoms with Crippen LogP contribution in [0.5, 0.6) is 11.5 Å². The minimum Gasteiger partial charge on any atom is -0.496 e. The van der Waals surface area contributed by atoms with Crippen LogP contribution in [0.3, 0.4) is 0 Å². The monoisotopic (exact) mass is 562 g/mol. The van der Waals surface area contributed by atoms with Crippen LogP contribution in [0.1, 0.15) is 11.1 Å². The third-order valence-electron chi connectivity index (χ3n) is 6.88. The van der Waals surface area contributed by atoms with Gasteiger partial charge in [-0.2, -0.15) is 9.78 Å². The van der Waals surface area contributed by atoms with Crippen molar-refractivity contribution in [2.45, 2.75) is 6.61 Å². The lowest BCUT2D eigenvalue weighted by atomic mass is 10.2. The van der Waals surface area contributed by atoms with Crippen molar-refractivity contribution < 1.29 is 18.3 Å². The Bertz CT molecular complexity index is 2010. The number of hydrogen-bond acceptors (Lipinski definition) is 7. The molecule has 4 aromatic carbocycles. The van der Waals surface area contributed by atoms with Crippen molar-refractivity contribution in [1.82, 2.24) is 9.66 Å². The van der Waals surface area contributed by atoms with Gasteiger partial charge in [-0.1, -0.05) is 36.4 Å². The lowest BCUT2D eigenvalue weighted by Crippen LogP contribution is -2.20. The second-order valence-electron chi connectivity index (χ2n) is 9.79. The summed E-state index contributed by atoms with van der Waals surface area (Å²) in [7, 11) is 5.42. The number of fused-ring (bicyclic) bond motifs is 2. The first kappa shape index (κ1) is 26.8. The van der Waals surface area contributed by atoms with Crippen molar-refractivity contribution in [3.8, 4) is 23.1 Å². The van der Waals surface area contributed by atoms with E-state index in [1.54, 1.807) is 49.6 Å². The highest BCUT2D eigenvalue weighted by molar-refractivity contribution is 5.89. The summed E-state index contributed by atoms with van der Waals surface area (Å²) in [6.45, 7) is 0.0218. The molecule has 0 saturated carbocycles. The van der Waals surface area contributed by atoms with E-state index >= 15 is 0 Å². The fourth-order valence-corrected chi connectivity index (χ4v) is 4.64. The van der Waals surface area contributed by atoms with Crippen LogP contribution < -0.4 is 19.9 Å². The normalized spacial score (nSPS) is 11.4. The molecule has 0 aliphatic carbocycles. The number of anilines is 1. The quantitative estimate of drug-likeness (QED) is 0.197. The van der Waals surface area contributed by atoms with Crippen molar-refractivity contribution >= 4 is 33.8 Å². The molecule has 210 valence electrons. The number of para-hydroxylation sites is 1. The molecule has 2 aromatic heterocycles. The second-order valence-corrected chi connectivity index (χ2v) is 9.79. The number of furan rings is 1. The molecule has 0 spiro atoms. The first-order chi connectivity index (χ1) is 20.4. The molecule has 0 bridgehead atoms. The molecule has 6 rings (SSSR count). The van der Waals surface area contributed by atoms with Gasteiger partial charge in [0.1, 0.15) is 29.5 Å². The molecule has 0 fully saturated rings. The molecule has 0 aliphatic rings. The summed E-state index contributed by atoms with van der Waals surface area (Å²) in [5, 5.41) is 5.74. The van der Waals surface area contributed by atoms with Crippen LogP contribution in [0, 0.1) is 5.82 Å². The van der Waals surface area contributed by atoms with Crippen molar-refractivity contribution in [3.05, 3.63) is 118 Å². The van der Waals surface area contributed by atoms with Gasteiger partial charge in [-0.25, -0.2) is 9.37 Å². The Kier molecular flexibility index (Phi) is 7.14. The van der Waals surface area contributed by atoms with E-state index in [2.05, 4.69) is 5.10 Å². The maximum absolute atomic E-state index is 14.3. The highest BCUT2D eigenvalue weighted by Gasteiger charge is 2.18. The lowest BCUT2D eigenvalue weighted by molar-refractivity contribution is 0.299. The minimum absolute atomic E-state index is 0.0218. The SMILES string of the molecule is COc1cccc2oc(-c3nc4ccccc4c(=O)n3N=Cc3ccc(N(C)C)cc3OCc3ccccc3F)cc12. The molecular weight excluding hydrogens is 535 g/mol. The van der Waals surface area contributed by atoms with Crippen molar-refractivity contribution in [2.24, 2.45) is 5.10 Å². The van der Waals surface area contributed by atoms with Gasteiger partial charge in [0.2, 0.25) is 5.82 Å². The fourth-order valence-electron chi connectivity index (χ4n) is 4.64. The van der Waals surface area contributed by atoms with E-state index in [-0.39, 0.29) is 23.8 Å². The van der Waals surface area contributed by atoms with Gasteiger partial charge in [-0.15, -0.1) is 0 Å². The van der Waals surface area contributed by atoms with E-state index in [1.807, 2.05) is 61.5 Å². The van der Waals surface area contributed by atoms with Crippen molar-refractivity contribution in [1.29, 1.82) is 0 Å². The molecule has 9 heteroatoms. The average Bonchev–Trinajstić information content (AvgIpc) is 3.45. The number of aromatic nitrogens is 2. The van der Waals surface area contributed by atoms with E-state index in [1.165, 1.54) is 17.0 Å². The number of rotatable bonds is 8. The average molecular weight is 563 g/mol. The van der Waals surface area contributed by atoms with Gasteiger partial charge < -0.3 is 18.8 Å². The first-order valence-corrected chi connectivity index (χ1v) is 13.2. The molecule has 8 nitrogen and oxygen atoms in total. The summed E-state index contributed by atoms with van der Waals surface area (Å²) in [4.78, 5) is 20.4. The van der Waals surface area contributed by atoms with Crippen LogP contribution >= 0.6 is 0 Å². The first-order valence-electron chi connectivity index (χ1n) is 13.2. The van der Waals surface area contributed by atoms with E-state index in [9.17, 15) is 9.18 Å². The zero-order valence-electron chi connectivity index (χ0n) is 23.2. The summed E-state index contributed by atoms with van der Waals surface area (Å²) in [5.74, 6) is 1.35. The molecule has 2 heterocycles. The molecule has 0 amide bonds. The highest BCUT2D eigenvalue weighted by Crippen LogP contribution is 2.33. The number of ether oxygens (including phenoxy) is 2. The van der Waals surface area contributed by atoms with Crippen molar-refractivity contribution in [2.75, 3.05) is 26.1 Å². The zero-order valence-corrected chi connectivity index (χ0v) is 23.2. The van der Waals surface area contributed by atoms with Gasteiger partial charge in [-0.3, -0.25) is 4.79 Å². The molecule has 0 aliphatic heterocycles. The zero-order chi connectivity index (χ0) is 29.2. The Balaban J connectivity index is 1.47. The van der Waals surface area contributed by atoms with E-state index < -0.39 is 0 Å². The molecule has 0 unspecified atom stereocenters. The molecular formula is C33H27FN4O4. The third kappa shape index (κ3) is 5.08. The van der Waals surface area contributed by atoms with E-state index in [0.717, 1.165) is 11.1 Å². The van der Waals surface area contributed by atoms with Crippen molar-refractivity contribution in [3.63, 3.8) is 0 Å². The standard InChI is InChI=1S/C33H27FN4O4/c1-37(2)23-16-15-21(30(17-23)41-20-22-9-4-6-11-26(22)34)19-35-38-32(36-27-12-7-5-10-24(27)33(38)39)31-18-25-28(40-3)13-8-14-29(25)42-31/h4-19H,20H2,1-3H3. The Morgan fingerprint density at radius 1 is 0.952 bits per heavy atom. The Hall–Kier alpha value is -5.44. The molecule has 0 N–H and O–H groups in total. The maximum atomic E-state index is 14.3. The summed E-state index contributed by atoms with van der Waals surface area (Å²) in [5.41, 5.74) is 2.64. The van der Waals surface area contributed by atoms with Gasteiger partial charge in [0.05, 0.1) is 29.6 Å². The number of methoxy groups -OCH3 is 1. The number of halogens is 1. The Labute approximate surface area is 240 Å². The van der Waals surface area contributed by atoms with Gasteiger partial charge in [-0.05, 0) is 48.5 Å². The summed E-state index contributed by atoms with van der Waals surface area (Å²) in [6.07, 6.45) is 1.53. The number of nitrogens with zero attached hydrogens (tertiary/aromatic N) is 4. The maximum Gasteiger partial charge on any atom is 0.282 e. The molecule has 0 atom stereocenters. The highest BCUT2D eigenvalue weighted by atomic mass is 19.1. The second kappa shape index (κ2) is 11.2.